The number of aryl methyl sites for hydroxylation is 1. The number of amides is 1. The summed E-state index contributed by atoms with van der Waals surface area (Å²) in [6, 6.07) is 18.1. The number of nitrogens with one attached hydrogen (secondary N) is 1. The summed E-state index contributed by atoms with van der Waals surface area (Å²) < 4.78 is 11.0. The van der Waals surface area contributed by atoms with Crippen LogP contribution in [0.4, 0.5) is 0 Å². The summed E-state index contributed by atoms with van der Waals surface area (Å²) in [4.78, 5) is 17.0. The lowest BCUT2D eigenvalue weighted by Gasteiger charge is -2.22. The van der Waals surface area contributed by atoms with Crippen LogP contribution in [0.1, 0.15) is 38.7 Å². The maximum Gasteiger partial charge on any atom is 0.243 e. The predicted molar refractivity (Wildman–Crippen MR) is 116 cm³/mol. The molecule has 1 heterocycles. The summed E-state index contributed by atoms with van der Waals surface area (Å²) in [5.74, 6) is -0.329. The van der Waals surface area contributed by atoms with Crippen LogP contribution in [0.25, 0.3) is 22.3 Å². The number of para-hydroxylation sites is 1. The Kier molecular flexibility index (Phi) is 7.26. The number of benzene rings is 2. The van der Waals surface area contributed by atoms with Crippen molar-refractivity contribution in [2.24, 2.45) is 0 Å². The van der Waals surface area contributed by atoms with Gasteiger partial charge in [0.05, 0.1) is 6.10 Å². The van der Waals surface area contributed by atoms with Crippen molar-refractivity contribution in [3.63, 3.8) is 0 Å². The molecule has 1 unspecified atom stereocenters. The van der Waals surface area contributed by atoms with Crippen LogP contribution in [0, 0.1) is 0 Å². The van der Waals surface area contributed by atoms with Crippen LogP contribution in [0.5, 0.6) is 0 Å². The van der Waals surface area contributed by atoms with Crippen molar-refractivity contribution in [1.29, 1.82) is 0 Å². The Morgan fingerprint density at radius 2 is 1.87 bits per heavy atom. The minimum atomic E-state index is -0.886. The highest BCUT2D eigenvalue weighted by Gasteiger charge is 2.19. The van der Waals surface area contributed by atoms with Gasteiger partial charge >= 0.3 is 0 Å². The Morgan fingerprint density at radius 1 is 1.13 bits per heavy atom. The minimum Gasteiger partial charge on any atom is -0.456 e. The molecule has 0 bridgehead atoms. The number of hydrogen-bond acceptors (Lipinski definition) is 5. The zero-order valence-electron chi connectivity index (χ0n) is 17.7. The molecule has 30 heavy (non-hydrogen) atoms. The fraction of sp³-hybridized carbons (Fsp3) is 0.375. The van der Waals surface area contributed by atoms with Crippen LogP contribution in [0.15, 0.2) is 59.0 Å². The lowest BCUT2D eigenvalue weighted by atomic mass is 10.0. The first-order valence-corrected chi connectivity index (χ1v) is 10.1. The largest absolute Gasteiger partial charge is 0.456 e. The summed E-state index contributed by atoms with van der Waals surface area (Å²) in [6.45, 7) is 3.39. The Morgan fingerprint density at radius 3 is 2.57 bits per heavy atom. The number of furan rings is 1. The fourth-order valence-electron chi connectivity index (χ4n) is 3.01. The second kappa shape index (κ2) is 9.89. The van der Waals surface area contributed by atoms with E-state index in [2.05, 4.69) is 5.48 Å². The van der Waals surface area contributed by atoms with Crippen LogP contribution in [-0.4, -0.2) is 30.0 Å². The van der Waals surface area contributed by atoms with Crippen molar-refractivity contribution in [2.45, 2.75) is 51.4 Å². The van der Waals surface area contributed by atoms with E-state index in [-0.39, 0.29) is 12.3 Å². The quantitative estimate of drug-likeness (QED) is 0.376. The van der Waals surface area contributed by atoms with E-state index in [0.29, 0.717) is 12.8 Å². The molecule has 2 aromatic carbocycles. The van der Waals surface area contributed by atoms with Gasteiger partial charge in [0.2, 0.25) is 5.91 Å². The highest BCUT2D eigenvalue weighted by molar-refractivity contribution is 5.82. The van der Waals surface area contributed by atoms with E-state index < -0.39 is 11.9 Å². The molecule has 3 aromatic rings. The average Bonchev–Trinajstić information content (AvgIpc) is 3.19. The molecule has 0 fully saturated rings. The van der Waals surface area contributed by atoms with Gasteiger partial charge in [-0.1, -0.05) is 42.5 Å². The number of aliphatic hydroxyl groups excluding tert-OH is 1. The molecule has 0 aliphatic carbocycles. The maximum atomic E-state index is 11.8. The number of aliphatic hydroxyl groups is 1. The molecule has 1 atom stereocenters. The zero-order chi connectivity index (χ0) is 21.6. The van der Waals surface area contributed by atoms with Gasteiger partial charge in [-0.05, 0) is 50.8 Å². The van der Waals surface area contributed by atoms with Crippen molar-refractivity contribution >= 4 is 16.9 Å². The third-order valence-corrected chi connectivity index (χ3v) is 5.04. The Balaban J connectivity index is 1.44. The first-order chi connectivity index (χ1) is 14.4. The lowest BCUT2D eigenvalue weighted by Crippen LogP contribution is -2.37. The number of fused-ring (bicyclic) bond motifs is 1. The van der Waals surface area contributed by atoms with Gasteiger partial charge in [0.1, 0.15) is 11.3 Å². The van der Waals surface area contributed by atoms with E-state index in [9.17, 15) is 9.90 Å². The van der Waals surface area contributed by atoms with Gasteiger partial charge in [-0.2, -0.15) is 0 Å². The lowest BCUT2D eigenvalue weighted by molar-refractivity contribution is -0.231. The molecule has 160 valence electrons. The van der Waals surface area contributed by atoms with E-state index in [1.165, 1.54) is 7.11 Å². The molecule has 0 radical (unpaired) electrons. The van der Waals surface area contributed by atoms with Crippen molar-refractivity contribution in [1.82, 2.24) is 5.48 Å². The standard InChI is InChI=1S/C24H29NO5/c1-24(2,28-3)30-25-23(27)15-14-20(26)13-10-17-8-11-18(12-9-17)22-16-19-6-4-5-7-21(19)29-22/h4-9,11-12,16,20,26H,10,13-15H2,1-3H3,(H,25,27). The molecule has 0 aliphatic rings. The van der Waals surface area contributed by atoms with Crippen molar-refractivity contribution < 1.29 is 23.9 Å². The number of hydroxylamine groups is 1. The average molecular weight is 411 g/mol. The summed E-state index contributed by atoms with van der Waals surface area (Å²) >= 11 is 0. The fourth-order valence-corrected chi connectivity index (χ4v) is 3.01. The molecule has 0 saturated heterocycles. The van der Waals surface area contributed by atoms with Crippen molar-refractivity contribution in [2.75, 3.05) is 7.11 Å². The van der Waals surface area contributed by atoms with Crippen molar-refractivity contribution in [3.05, 3.63) is 60.2 Å². The Hall–Kier alpha value is -2.67. The van der Waals surface area contributed by atoms with E-state index in [1.54, 1.807) is 13.8 Å². The van der Waals surface area contributed by atoms with E-state index in [0.717, 1.165) is 34.3 Å². The molecule has 0 spiro atoms. The second-order valence-corrected chi connectivity index (χ2v) is 7.81. The predicted octanol–water partition coefficient (Wildman–Crippen LogP) is 4.60. The first-order valence-electron chi connectivity index (χ1n) is 10.1. The monoisotopic (exact) mass is 411 g/mol. The van der Waals surface area contributed by atoms with Crippen LogP contribution >= 0.6 is 0 Å². The van der Waals surface area contributed by atoms with Gasteiger partial charge in [-0.15, -0.1) is 0 Å². The minimum absolute atomic E-state index is 0.186. The van der Waals surface area contributed by atoms with Crippen LogP contribution < -0.4 is 5.48 Å². The van der Waals surface area contributed by atoms with E-state index >= 15 is 0 Å². The zero-order valence-corrected chi connectivity index (χ0v) is 17.7. The molecule has 1 aromatic heterocycles. The normalized spacial score (nSPS) is 12.8. The summed E-state index contributed by atoms with van der Waals surface area (Å²) in [7, 11) is 1.50. The van der Waals surface area contributed by atoms with E-state index in [4.69, 9.17) is 14.0 Å². The molecule has 2 N–H and O–H groups in total. The van der Waals surface area contributed by atoms with E-state index in [1.807, 2.05) is 54.6 Å². The topological polar surface area (TPSA) is 80.9 Å². The molecule has 0 aliphatic heterocycles. The molecule has 6 nitrogen and oxygen atoms in total. The number of carbonyl (C=O) groups excluding carboxylic acids is 1. The van der Waals surface area contributed by atoms with Crippen LogP contribution in [-0.2, 0) is 20.8 Å². The van der Waals surface area contributed by atoms with Gasteiger partial charge < -0.3 is 14.3 Å². The number of carbonyl (C=O) groups is 1. The summed E-state index contributed by atoms with van der Waals surface area (Å²) in [5, 5.41) is 11.3. The second-order valence-electron chi connectivity index (χ2n) is 7.81. The van der Waals surface area contributed by atoms with Gasteiger partial charge in [0, 0.05) is 24.5 Å². The molecular formula is C24H29NO5. The SMILES string of the molecule is COC(C)(C)ONC(=O)CCC(O)CCc1ccc(-c2cc3ccccc3o2)cc1. The molecule has 1 amide bonds. The van der Waals surface area contributed by atoms with Crippen LogP contribution in [0.3, 0.4) is 0 Å². The molecule has 3 rings (SSSR count). The maximum absolute atomic E-state index is 11.8. The smallest absolute Gasteiger partial charge is 0.243 e. The highest BCUT2D eigenvalue weighted by atomic mass is 16.8. The molecule has 0 saturated carbocycles. The van der Waals surface area contributed by atoms with Gasteiger partial charge in [-0.25, -0.2) is 10.3 Å². The number of ether oxygens (including phenoxy) is 1. The van der Waals surface area contributed by atoms with Gasteiger partial charge in [0.25, 0.3) is 0 Å². The Labute approximate surface area is 176 Å². The highest BCUT2D eigenvalue weighted by Crippen LogP contribution is 2.28. The molecular weight excluding hydrogens is 382 g/mol. The summed E-state index contributed by atoms with van der Waals surface area (Å²) in [6.07, 6.45) is 1.32. The van der Waals surface area contributed by atoms with Gasteiger partial charge in [-0.3, -0.25) is 4.79 Å². The third-order valence-electron chi connectivity index (χ3n) is 5.04. The third kappa shape index (κ3) is 6.16. The molecule has 6 heteroatoms. The van der Waals surface area contributed by atoms with Crippen LogP contribution in [0.2, 0.25) is 0 Å². The Bertz CT molecular complexity index is 928. The van der Waals surface area contributed by atoms with Crippen molar-refractivity contribution in [3.8, 4) is 11.3 Å². The number of rotatable bonds is 10. The first kappa shape index (κ1) is 22.0. The van der Waals surface area contributed by atoms with Gasteiger partial charge in [0.15, 0.2) is 5.79 Å². The number of methoxy groups -OCH3 is 1. The number of hydrogen-bond donors (Lipinski definition) is 2. The summed E-state index contributed by atoms with van der Waals surface area (Å²) in [5.41, 5.74) is 5.37.